The first-order chi connectivity index (χ1) is 26.7. The van der Waals surface area contributed by atoms with Gasteiger partial charge in [-0.05, 0) is 133 Å². The van der Waals surface area contributed by atoms with E-state index in [1.54, 1.807) is 42.5 Å². The number of rotatable bonds is 11. The van der Waals surface area contributed by atoms with E-state index in [-0.39, 0.29) is 95.0 Å². The summed E-state index contributed by atoms with van der Waals surface area (Å²) in [6.07, 6.45) is 8.31. The summed E-state index contributed by atoms with van der Waals surface area (Å²) in [5.41, 5.74) is 10.1. The molecular formula is C46H53NO8. The van der Waals surface area contributed by atoms with Gasteiger partial charge >= 0.3 is 0 Å². The standard InChI is InChI=1S/C46H53NO8/c47-26-55-39-21-27(13-17-37(39)50)12-16-36(49)33-15-14-29-22-30-23-35(46(18-5-2-6-19-46)31-9-3-1-4-10-31)42(41(29)43(33)52)34-24-38(51)44(53)45(40(30)34)54-25-28-8-7-11-32(48)20-28/h1,3-4,7-11,13,17,20-21,24,29-30,33,35,41-43,48,50-53H,2,5-6,12,14-16,18-19,22-23,25-26,47H2. The van der Waals surface area contributed by atoms with Crippen LogP contribution in [-0.2, 0) is 23.2 Å². The van der Waals surface area contributed by atoms with Gasteiger partial charge in [0.2, 0.25) is 5.75 Å². The molecule has 9 rings (SSSR count). The number of aromatic hydroxyl groups is 4. The number of hydrogen-bond donors (Lipinski definition) is 6. The molecule has 9 heteroatoms. The Morgan fingerprint density at radius 3 is 2.38 bits per heavy atom. The normalized spacial score (nSPS) is 26.7. The predicted molar refractivity (Wildman–Crippen MR) is 208 cm³/mol. The Kier molecular flexibility index (Phi) is 10.4. The second-order valence-corrected chi connectivity index (χ2v) is 16.5. The number of phenols is 4. The summed E-state index contributed by atoms with van der Waals surface area (Å²) < 4.78 is 11.8. The molecule has 4 aromatic carbocycles. The predicted octanol–water partition coefficient (Wildman–Crippen LogP) is 8.08. The number of benzene rings is 4. The fourth-order valence-electron chi connectivity index (χ4n) is 11.4. The van der Waals surface area contributed by atoms with Gasteiger partial charge in [-0.25, -0.2) is 0 Å². The van der Waals surface area contributed by atoms with Gasteiger partial charge < -0.3 is 35.0 Å². The van der Waals surface area contributed by atoms with Crippen LogP contribution in [0.4, 0.5) is 0 Å². The van der Waals surface area contributed by atoms with Crippen LogP contribution in [0.5, 0.6) is 34.5 Å². The lowest BCUT2D eigenvalue weighted by atomic mass is 9.51. The SMILES string of the molecule is NCOc1cc(CCC(=O)C2CCC3CC4CC(C5(c6ccccc6)CCCCC5)C(c5cc(O)c(O)c(OCc6cccc(O)c6)c54)C3C2O)ccc1O. The van der Waals surface area contributed by atoms with Crippen molar-refractivity contribution in [3.05, 3.63) is 107 Å². The molecule has 3 saturated carbocycles. The van der Waals surface area contributed by atoms with E-state index in [0.717, 1.165) is 67.2 Å². The van der Waals surface area contributed by atoms with Crippen molar-refractivity contribution in [3.63, 3.8) is 0 Å². The van der Waals surface area contributed by atoms with Crippen molar-refractivity contribution in [3.8, 4) is 34.5 Å². The van der Waals surface area contributed by atoms with Crippen molar-refractivity contribution >= 4 is 5.78 Å². The van der Waals surface area contributed by atoms with E-state index in [1.807, 2.05) is 6.07 Å². The van der Waals surface area contributed by atoms with Gasteiger partial charge in [-0.2, -0.15) is 0 Å². The average Bonchev–Trinajstić information content (AvgIpc) is 3.45. The second-order valence-electron chi connectivity index (χ2n) is 16.5. The molecule has 3 fully saturated rings. The monoisotopic (exact) mass is 747 g/mol. The largest absolute Gasteiger partial charge is 0.508 e. The lowest BCUT2D eigenvalue weighted by Crippen LogP contribution is -2.49. The van der Waals surface area contributed by atoms with E-state index in [4.69, 9.17) is 15.2 Å². The third-order valence-corrected chi connectivity index (χ3v) is 13.7. The summed E-state index contributed by atoms with van der Waals surface area (Å²) in [5, 5.41) is 55.8. The fraction of sp³-hybridized carbons (Fsp3) is 0.457. The Bertz CT molecular complexity index is 2010. The van der Waals surface area contributed by atoms with Crippen LogP contribution in [0.25, 0.3) is 0 Å². The van der Waals surface area contributed by atoms with Crippen molar-refractivity contribution in [2.75, 3.05) is 6.73 Å². The Morgan fingerprint density at radius 1 is 0.818 bits per heavy atom. The number of Topliss-reactive ketones (excluding diaryl/α,β-unsaturated/α-hetero) is 1. The van der Waals surface area contributed by atoms with Crippen LogP contribution in [0.2, 0.25) is 0 Å². The first-order valence-corrected chi connectivity index (χ1v) is 20.1. The fourth-order valence-corrected chi connectivity index (χ4v) is 11.4. The molecule has 7 N–H and O–H groups in total. The number of carbonyl (C=O) groups is 1. The van der Waals surface area contributed by atoms with Crippen LogP contribution in [0.3, 0.4) is 0 Å². The maximum absolute atomic E-state index is 14.2. The molecule has 5 aliphatic carbocycles. The third-order valence-electron chi connectivity index (χ3n) is 13.7. The number of ketones is 1. The minimum Gasteiger partial charge on any atom is -0.508 e. The maximum Gasteiger partial charge on any atom is 0.200 e. The van der Waals surface area contributed by atoms with E-state index >= 15 is 0 Å². The number of aliphatic hydroxyl groups excluding tert-OH is 1. The number of carbonyl (C=O) groups excluding carboxylic acids is 1. The lowest BCUT2D eigenvalue weighted by molar-refractivity contribution is -0.133. The van der Waals surface area contributed by atoms with E-state index in [2.05, 4.69) is 30.3 Å². The number of hydrogen-bond acceptors (Lipinski definition) is 9. The van der Waals surface area contributed by atoms with Crippen LogP contribution >= 0.6 is 0 Å². The van der Waals surface area contributed by atoms with E-state index in [9.17, 15) is 30.3 Å². The van der Waals surface area contributed by atoms with Gasteiger partial charge in [-0.15, -0.1) is 0 Å². The molecule has 7 atom stereocenters. The highest BCUT2D eigenvalue weighted by Gasteiger charge is 2.58. The first kappa shape index (κ1) is 37.2. The molecule has 290 valence electrons. The highest BCUT2D eigenvalue weighted by atomic mass is 16.5. The number of phenolic OH excluding ortho intramolecular Hbond substituents is 4. The molecule has 2 bridgehead atoms. The Morgan fingerprint density at radius 2 is 1.62 bits per heavy atom. The highest BCUT2D eigenvalue weighted by molar-refractivity contribution is 5.82. The van der Waals surface area contributed by atoms with Gasteiger partial charge in [0, 0.05) is 17.9 Å². The molecule has 7 unspecified atom stereocenters. The van der Waals surface area contributed by atoms with E-state index in [0.29, 0.717) is 12.8 Å². The van der Waals surface area contributed by atoms with Crippen molar-refractivity contribution in [1.82, 2.24) is 0 Å². The zero-order valence-corrected chi connectivity index (χ0v) is 31.3. The highest BCUT2D eigenvalue weighted by Crippen LogP contribution is 2.67. The van der Waals surface area contributed by atoms with Gasteiger partial charge in [-0.3, -0.25) is 10.5 Å². The van der Waals surface area contributed by atoms with Crippen LogP contribution in [-0.4, -0.2) is 44.2 Å². The van der Waals surface area contributed by atoms with Crippen molar-refractivity contribution in [2.45, 2.75) is 101 Å². The molecule has 0 spiro atoms. The number of nitrogens with two attached hydrogens (primary N) is 1. The van der Waals surface area contributed by atoms with Crippen molar-refractivity contribution in [2.24, 2.45) is 29.4 Å². The van der Waals surface area contributed by atoms with Gasteiger partial charge in [0.25, 0.3) is 0 Å². The van der Waals surface area contributed by atoms with Crippen LogP contribution in [0.1, 0.15) is 104 Å². The zero-order chi connectivity index (χ0) is 38.3. The van der Waals surface area contributed by atoms with Crippen molar-refractivity contribution < 1.29 is 39.8 Å². The molecule has 55 heavy (non-hydrogen) atoms. The first-order valence-electron chi connectivity index (χ1n) is 20.1. The summed E-state index contributed by atoms with van der Waals surface area (Å²) in [7, 11) is 0. The zero-order valence-electron chi connectivity index (χ0n) is 31.3. The minimum absolute atomic E-state index is 0.00847. The smallest absolute Gasteiger partial charge is 0.200 e. The van der Waals surface area contributed by atoms with Crippen LogP contribution in [0, 0.1) is 23.7 Å². The summed E-state index contributed by atoms with van der Waals surface area (Å²) in [6.45, 7) is 0.0204. The van der Waals surface area contributed by atoms with E-state index < -0.39 is 12.0 Å². The number of aliphatic hydroxyl groups is 1. The van der Waals surface area contributed by atoms with Crippen LogP contribution < -0.4 is 15.2 Å². The second kappa shape index (κ2) is 15.4. The Balaban J connectivity index is 1.19. The number of aryl methyl sites for hydroxylation is 1. The third kappa shape index (κ3) is 6.90. The topological polar surface area (TPSA) is 163 Å². The molecule has 9 nitrogen and oxygen atoms in total. The molecule has 0 saturated heterocycles. The summed E-state index contributed by atoms with van der Waals surface area (Å²) in [6, 6.07) is 24.4. The van der Waals surface area contributed by atoms with E-state index in [1.165, 1.54) is 12.0 Å². The Hall–Kier alpha value is -4.73. The molecule has 5 aliphatic rings. The molecular weight excluding hydrogens is 695 g/mol. The maximum atomic E-state index is 14.2. The lowest BCUT2D eigenvalue weighted by Gasteiger charge is -2.53. The molecule has 0 amide bonds. The van der Waals surface area contributed by atoms with Gasteiger partial charge in [0.05, 0.1) is 6.10 Å². The Labute approximate surface area is 322 Å². The molecule has 0 heterocycles. The van der Waals surface area contributed by atoms with Gasteiger partial charge in [0.15, 0.2) is 23.0 Å². The number of ether oxygens (including phenoxy) is 2. The molecule has 0 aromatic heterocycles. The summed E-state index contributed by atoms with van der Waals surface area (Å²) >= 11 is 0. The van der Waals surface area contributed by atoms with Gasteiger partial charge in [-0.1, -0.05) is 67.8 Å². The molecule has 0 aliphatic heterocycles. The molecule has 4 aromatic rings. The van der Waals surface area contributed by atoms with Crippen molar-refractivity contribution in [1.29, 1.82) is 0 Å². The quantitative estimate of drug-likeness (QED) is 0.0658. The summed E-state index contributed by atoms with van der Waals surface area (Å²) in [5.74, 6) is -0.530. The average molecular weight is 748 g/mol. The molecule has 0 radical (unpaired) electrons. The minimum atomic E-state index is -0.886. The number of fused-ring (bicyclic) bond motifs is 1. The summed E-state index contributed by atoms with van der Waals surface area (Å²) in [4.78, 5) is 14.2. The van der Waals surface area contributed by atoms with Gasteiger partial charge in [0.1, 0.15) is 24.9 Å². The van der Waals surface area contributed by atoms with Crippen LogP contribution in [0.15, 0.2) is 78.9 Å².